The van der Waals surface area contributed by atoms with E-state index in [-0.39, 0.29) is 17.2 Å². The lowest BCUT2D eigenvalue weighted by molar-refractivity contribution is 0.0962. The third kappa shape index (κ3) is 4.00. The van der Waals surface area contributed by atoms with E-state index in [4.69, 9.17) is 0 Å². The lowest BCUT2D eigenvalue weighted by atomic mass is 10.1. The van der Waals surface area contributed by atoms with Crippen molar-refractivity contribution in [3.63, 3.8) is 0 Å². The summed E-state index contributed by atoms with van der Waals surface area (Å²) in [6, 6.07) is 8.59. The molecule has 0 atom stereocenters. The summed E-state index contributed by atoms with van der Waals surface area (Å²) in [6.45, 7) is 3.48. The minimum atomic E-state index is -0.421. The summed E-state index contributed by atoms with van der Waals surface area (Å²) >= 11 is 3.43. The number of nitrogens with zero attached hydrogens (tertiary/aromatic N) is 4. The number of rotatable bonds is 4. The molecular formula is C23H22BrFN6O2. The number of piperazine rings is 1. The molecule has 5 rings (SSSR count). The number of aromatic amines is 1. The molecule has 1 aromatic carbocycles. The van der Waals surface area contributed by atoms with E-state index in [2.05, 4.69) is 36.1 Å². The summed E-state index contributed by atoms with van der Waals surface area (Å²) in [7, 11) is 1.52. The van der Waals surface area contributed by atoms with Gasteiger partial charge in [-0.05, 0) is 51.8 Å². The summed E-state index contributed by atoms with van der Waals surface area (Å²) in [5.41, 5.74) is 3.82. The molecule has 0 spiro atoms. The van der Waals surface area contributed by atoms with Crippen molar-refractivity contribution in [3.8, 4) is 0 Å². The highest BCUT2D eigenvalue weighted by molar-refractivity contribution is 9.10. The maximum absolute atomic E-state index is 14.8. The van der Waals surface area contributed by atoms with E-state index in [0.29, 0.717) is 35.3 Å². The Balaban J connectivity index is 1.30. The predicted octanol–water partition coefficient (Wildman–Crippen LogP) is 2.76. The van der Waals surface area contributed by atoms with Gasteiger partial charge in [0.25, 0.3) is 5.91 Å². The number of hydrogen-bond acceptors (Lipinski definition) is 5. The van der Waals surface area contributed by atoms with Gasteiger partial charge in [-0.2, -0.15) is 0 Å². The SMILES string of the molecule is CNC(=O)c1cc(F)c(N2CCN(Cc3cnc4c(c3)[nH]c(=O)n3cccc43)CC2)c(Br)c1. The fourth-order valence-electron chi connectivity index (χ4n) is 4.35. The molecule has 8 nitrogen and oxygen atoms in total. The highest BCUT2D eigenvalue weighted by atomic mass is 79.9. The minimum Gasteiger partial charge on any atom is -0.366 e. The van der Waals surface area contributed by atoms with E-state index in [1.165, 1.54) is 13.1 Å². The van der Waals surface area contributed by atoms with Crippen LogP contribution < -0.4 is 15.9 Å². The topological polar surface area (TPSA) is 85.7 Å². The number of nitrogens with one attached hydrogen (secondary N) is 2. The second-order valence-corrected chi connectivity index (χ2v) is 8.92. The van der Waals surface area contributed by atoms with Crippen LogP contribution in [-0.4, -0.2) is 58.4 Å². The van der Waals surface area contributed by atoms with Crippen molar-refractivity contribution >= 4 is 44.1 Å². The largest absolute Gasteiger partial charge is 0.366 e. The van der Waals surface area contributed by atoms with Crippen molar-refractivity contribution in [1.29, 1.82) is 0 Å². The normalized spacial score (nSPS) is 14.8. The Kier molecular flexibility index (Phi) is 5.63. The number of fused-ring (bicyclic) bond motifs is 3. The summed E-state index contributed by atoms with van der Waals surface area (Å²) in [5, 5.41) is 2.51. The highest BCUT2D eigenvalue weighted by Gasteiger charge is 2.23. The van der Waals surface area contributed by atoms with Crippen LogP contribution in [-0.2, 0) is 6.54 Å². The molecule has 3 aromatic heterocycles. The molecular weight excluding hydrogens is 491 g/mol. The van der Waals surface area contributed by atoms with Gasteiger partial charge in [0.1, 0.15) is 11.3 Å². The number of aromatic nitrogens is 3. The van der Waals surface area contributed by atoms with E-state index in [0.717, 1.165) is 29.7 Å². The van der Waals surface area contributed by atoms with Gasteiger partial charge >= 0.3 is 5.69 Å². The van der Waals surface area contributed by atoms with E-state index < -0.39 is 5.82 Å². The van der Waals surface area contributed by atoms with E-state index in [1.807, 2.05) is 29.3 Å². The minimum absolute atomic E-state index is 0.190. The number of carbonyl (C=O) groups is 1. The van der Waals surface area contributed by atoms with Crippen LogP contribution in [0.25, 0.3) is 16.6 Å². The first-order valence-corrected chi connectivity index (χ1v) is 11.4. The average Bonchev–Trinajstić information content (AvgIpc) is 3.30. The molecule has 33 heavy (non-hydrogen) atoms. The van der Waals surface area contributed by atoms with Crippen LogP contribution >= 0.6 is 15.9 Å². The van der Waals surface area contributed by atoms with Gasteiger partial charge in [0, 0.05) is 62.2 Å². The van der Waals surface area contributed by atoms with Gasteiger partial charge in [0.05, 0.1) is 16.7 Å². The van der Waals surface area contributed by atoms with Crippen LogP contribution in [0.1, 0.15) is 15.9 Å². The molecule has 1 saturated heterocycles. The number of amides is 1. The Hall–Kier alpha value is -3.24. The molecule has 0 saturated carbocycles. The zero-order chi connectivity index (χ0) is 23.1. The van der Waals surface area contributed by atoms with Crippen molar-refractivity contribution < 1.29 is 9.18 Å². The standard InChI is InChI=1S/C23H22BrFN6O2/c1-26-22(32)15-10-16(24)21(17(25)11-15)30-7-5-29(6-8-30)13-14-9-18-20(27-12-14)19-3-2-4-31(19)23(33)28-18/h2-4,9-12H,5-8,13H2,1H3,(H,26,32)(H,28,33). The number of anilines is 1. The quantitative estimate of drug-likeness (QED) is 0.439. The van der Waals surface area contributed by atoms with Gasteiger partial charge in [0.2, 0.25) is 0 Å². The zero-order valence-electron chi connectivity index (χ0n) is 17.9. The maximum Gasteiger partial charge on any atom is 0.330 e. The van der Waals surface area contributed by atoms with Crippen LogP contribution in [0.15, 0.2) is 52.0 Å². The average molecular weight is 513 g/mol. The lowest BCUT2D eigenvalue weighted by Gasteiger charge is -2.36. The summed E-state index contributed by atoms with van der Waals surface area (Å²) in [6.07, 6.45) is 3.56. The highest BCUT2D eigenvalue weighted by Crippen LogP contribution is 2.32. The molecule has 1 aliphatic heterocycles. The Labute approximate surface area is 197 Å². The number of pyridine rings is 1. The Bertz CT molecular complexity index is 1400. The van der Waals surface area contributed by atoms with Crippen molar-refractivity contribution in [3.05, 3.63) is 74.6 Å². The molecule has 0 aliphatic carbocycles. The van der Waals surface area contributed by atoms with Gasteiger partial charge < -0.3 is 15.2 Å². The second kappa shape index (κ2) is 8.60. The maximum atomic E-state index is 14.8. The van der Waals surface area contributed by atoms with Crippen molar-refractivity contribution in [2.24, 2.45) is 0 Å². The van der Waals surface area contributed by atoms with Gasteiger partial charge in [0.15, 0.2) is 0 Å². The predicted molar refractivity (Wildman–Crippen MR) is 128 cm³/mol. The Morgan fingerprint density at radius 2 is 2.03 bits per heavy atom. The Morgan fingerprint density at radius 3 is 2.76 bits per heavy atom. The number of halogens is 2. The summed E-state index contributed by atoms with van der Waals surface area (Å²) in [5.74, 6) is -0.746. The van der Waals surface area contributed by atoms with Gasteiger partial charge in [-0.1, -0.05) is 0 Å². The lowest BCUT2D eigenvalue weighted by Crippen LogP contribution is -2.46. The smallest absolute Gasteiger partial charge is 0.330 e. The molecule has 10 heteroatoms. The number of H-pyrrole nitrogens is 1. The van der Waals surface area contributed by atoms with Crippen molar-refractivity contribution in [1.82, 2.24) is 24.6 Å². The van der Waals surface area contributed by atoms with E-state index in [9.17, 15) is 14.0 Å². The fourth-order valence-corrected chi connectivity index (χ4v) is 5.04. The fraction of sp³-hybridized carbons (Fsp3) is 0.261. The van der Waals surface area contributed by atoms with Gasteiger partial charge in [-0.25, -0.2) is 9.18 Å². The number of carbonyl (C=O) groups excluding carboxylic acids is 1. The number of benzene rings is 1. The first-order chi connectivity index (χ1) is 15.9. The second-order valence-electron chi connectivity index (χ2n) is 8.06. The Morgan fingerprint density at radius 1 is 1.24 bits per heavy atom. The van der Waals surface area contributed by atoms with Crippen LogP contribution in [0.3, 0.4) is 0 Å². The van der Waals surface area contributed by atoms with E-state index >= 15 is 0 Å². The van der Waals surface area contributed by atoms with Crippen LogP contribution in [0.2, 0.25) is 0 Å². The third-order valence-corrected chi connectivity index (χ3v) is 6.60. The zero-order valence-corrected chi connectivity index (χ0v) is 19.5. The molecule has 0 bridgehead atoms. The molecule has 2 N–H and O–H groups in total. The van der Waals surface area contributed by atoms with Crippen molar-refractivity contribution in [2.75, 3.05) is 38.1 Å². The summed E-state index contributed by atoms with van der Waals surface area (Å²) in [4.78, 5) is 35.8. The molecule has 1 aliphatic rings. The van der Waals surface area contributed by atoms with Gasteiger partial charge in [-0.15, -0.1) is 0 Å². The molecule has 170 valence electrons. The molecule has 4 aromatic rings. The third-order valence-electron chi connectivity index (χ3n) is 6.00. The van der Waals surface area contributed by atoms with Crippen LogP contribution in [0.4, 0.5) is 10.1 Å². The molecule has 4 heterocycles. The van der Waals surface area contributed by atoms with Crippen LogP contribution in [0.5, 0.6) is 0 Å². The number of hydrogen-bond donors (Lipinski definition) is 2. The van der Waals surface area contributed by atoms with Gasteiger partial charge in [-0.3, -0.25) is 19.1 Å². The van der Waals surface area contributed by atoms with Crippen molar-refractivity contribution in [2.45, 2.75) is 6.54 Å². The molecule has 0 unspecified atom stereocenters. The summed E-state index contributed by atoms with van der Waals surface area (Å²) < 4.78 is 16.9. The molecule has 0 radical (unpaired) electrons. The molecule has 1 fully saturated rings. The molecule has 1 amide bonds. The monoisotopic (exact) mass is 512 g/mol. The first kappa shape index (κ1) is 21.6. The van der Waals surface area contributed by atoms with Crippen LogP contribution in [0, 0.1) is 5.82 Å². The first-order valence-electron chi connectivity index (χ1n) is 10.6. The van der Waals surface area contributed by atoms with E-state index in [1.54, 1.807) is 16.7 Å².